The molecule has 0 bridgehead atoms. The Morgan fingerprint density at radius 2 is 1.95 bits per heavy atom. The van der Waals surface area contributed by atoms with Crippen LogP contribution in [0.1, 0.15) is 47.7 Å². The quantitative estimate of drug-likeness (QED) is 0.866. The molecule has 1 nitrogen and oxygen atoms in total. The Labute approximate surface area is 119 Å². The summed E-state index contributed by atoms with van der Waals surface area (Å²) >= 11 is 0. The average molecular weight is 269 g/mol. The third kappa shape index (κ3) is 2.36. The lowest BCUT2D eigenvalue weighted by Gasteiger charge is -2.22. The van der Waals surface area contributed by atoms with E-state index >= 15 is 0 Å². The summed E-state index contributed by atoms with van der Waals surface area (Å²) in [4.78, 5) is 0. The molecule has 3 rings (SSSR count). The molecule has 0 saturated carbocycles. The van der Waals surface area contributed by atoms with Crippen LogP contribution in [0.25, 0.3) is 0 Å². The van der Waals surface area contributed by atoms with Gasteiger partial charge >= 0.3 is 0 Å². The first-order valence-corrected chi connectivity index (χ1v) is 7.25. The monoisotopic (exact) mass is 269 g/mol. The summed E-state index contributed by atoms with van der Waals surface area (Å²) in [7, 11) is 0. The fourth-order valence-corrected chi connectivity index (χ4v) is 3.25. The van der Waals surface area contributed by atoms with Gasteiger partial charge in [0.05, 0.1) is 0 Å². The Bertz CT molecular complexity index is 621. The van der Waals surface area contributed by atoms with E-state index in [1.54, 1.807) is 6.07 Å². The number of hydrogen-bond donors (Lipinski definition) is 1. The van der Waals surface area contributed by atoms with Crippen molar-refractivity contribution >= 4 is 0 Å². The number of halogens is 1. The molecule has 104 valence electrons. The number of hydrogen-bond acceptors (Lipinski definition) is 1. The van der Waals surface area contributed by atoms with Crippen LogP contribution in [0.2, 0.25) is 0 Å². The van der Waals surface area contributed by atoms with Crippen molar-refractivity contribution in [3.8, 4) is 0 Å². The molecule has 2 atom stereocenters. The molecule has 0 fully saturated rings. The van der Waals surface area contributed by atoms with Crippen LogP contribution in [0.5, 0.6) is 0 Å². The Morgan fingerprint density at radius 3 is 2.75 bits per heavy atom. The van der Waals surface area contributed by atoms with Crippen LogP contribution >= 0.6 is 0 Å². The van der Waals surface area contributed by atoms with Crippen molar-refractivity contribution < 1.29 is 4.39 Å². The molecule has 0 aromatic heterocycles. The fraction of sp³-hybridized carbons (Fsp3) is 0.333. The van der Waals surface area contributed by atoms with Gasteiger partial charge in [-0.2, -0.15) is 0 Å². The molecule has 0 amide bonds. The topological polar surface area (TPSA) is 12.0 Å². The van der Waals surface area contributed by atoms with Gasteiger partial charge in [-0.25, -0.2) is 4.39 Å². The van der Waals surface area contributed by atoms with Gasteiger partial charge in [0, 0.05) is 12.1 Å². The highest BCUT2D eigenvalue weighted by atomic mass is 19.1. The van der Waals surface area contributed by atoms with E-state index in [-0.39, 0.29) is 17.9 Å². The van der Waals surface area contributed by atoms with E-state index in [2.05, 4.69) is 43.4 Å². The second-order valence-electron chi connectivity index (χ2n) is 5.64. The van der Waals surface area contributed by atoms with Crippen molar-refractivity contribution in [3.63, 3.8) is 0 Å². The molecule has 1 aliphatic carbocycles. The third-order valence-electron chi connectivity index (χ3n) is 4.32. The number of fused-ring (bicyclic) bond motifs is 1. The van der Waals surface area contributed by atoms with Gasteiger partial charge in [-0.05, 0) is 55.0 Å². The molecule has 0 heterocycles. The lowest BCUT2D eigenvalue weighted by Crippen LogP contribution is -2.23. The Morgan fingerprint density at radius 1 is 1.15 bits per heavy atom. The first kappa shape index (κ1) is 13.3. The van der Waals surface area contributed by atoms with E-state index in [1.165, 1.54) is 11.1 Å². The van der Waals surface area contributed by atoms with Gasteiger partial charge in [-0.3, -0.25) is 0 Å². The predicted molar refractivity (Wildman–Crippen MR) is 80.2 cm³/mol. The van der Waals surface area contributed by atoms with Gasteiger partial charge in [-0.1, -0.05) is 36.4 Å². The predicted octanol–water partition coefficient (Wildman–Crippen LogP) is 4.47. The zero-order valence-corrected chi connectivity index (χ0v) is 12.0. The van der Waals surface area contributed by atoms with Crippen LogP contribution in [0.15, 0.2) is 42.5 Å². The summed E-state index contributed by atoms with van der Waals surface area (Å²) in [6.07, 6.45) is 1.81. The number of rotatable bonds is 3. The summed E-state index contributed by atoms with van der Waals surface area (Å²) in [6, 6.07) is 14.4. The van der Waals surface area contributed by atoms with Gasteiger partial charge in [0.15, 0.2) is 0 Å². The minimum Gasteiger partial charge on any atom is -0.303 e. The fourth-order valence-electron chi connectivity index (χ4n) is 3.25. The van der Waals surface area contributed by atoms with Crippen LogP contribution in [-0.2, 0) is 6.42 Å². The molecule has 1 aliphatic rings. The van der Waals surface area contributed by atoms with Crippen LogP contribution in [0.3, 0.4) is 0 Å². The summed E-state index contributed by atoms with van der Waals surface area (Å²) in [5.41, 5.74) is 4.63. The van der Waals surface area contributed by atoms with E-state index < -0.39 is 0 Å². The van der Waals surface area contributed by atoms with Gasteiger partial charge in [0.25, 0.3) is 0 Å². The van der Waals surface area contributed by atoms with Crippen LogP contribution in [0.4, 0.5) is 4.39 Å². The lowest BCUT2D eigenvalue weighted by atomic mass is 10.0. The molecule has 2 heteroatoms. The zero-order chi connectivity index (χ0) is 14.1. The standard InChI is InChI=1S/C18H20FN/c1-12-6-3-4-7-14(12)13(2)20-18-11-10-15-16(18)8-5-9-17(15)19/h3-9,13,18,20H,10-11H2,1-2H3/t13-,18?/m1/s1. The van der Waals surface area contributed by atoms with Crippen LogP contribution < -0.4 is 5.32 Å². The van der Waals surface area contributed by atoms with Crippen LogP contribution in [-0.4, -0.2) is 0 Å². The highest BCUT2D eigenvalue weighted by Crippen LogP contribution is 2.34. The van der Waals surface area contributed by atoms with Crippen molar-refractivity contribution in [1.29, 1.82) is 0 Å². The van der Waals surface area contributed by atoms with Gasteiger partial charge < -0.3 is 5.32 Å². The summed E-state index contributed by atoms with van der Waals surface area (Å²) in [5.74, 6) is -0.0599. The smallest absolute Gasteiger partial charge is 0.126 e. The number of aryl methyl sites for hydroxylation is 1. The second kappa shape index (κ2) is 5.37. The molecule has 2 aromatic rings. The minimum absolute atomic E-state index is 0.0599. The molecular weight excluding hydrogens is 249 g/mol. The number of nitrogens with one attached hydrogen (secondary N) is 1. The first-order valence-electron chi connectivity index (χ1n) is 7.25. The van der Waals surface area contributed by atoms with E-state index in [4.69, 9.17) is 0 Å². The van der Waals surface area contributed by atoms with E-state index in [1.807, 2.05) is 12.1 Å². The molecule has 0 aliphatic heterocycles. The normalized spacial score (nSPS) is 18.9. The average Bonchev–Trinajstić information content (AvgIpc) is 2.84. The molecule has 0 radical (unpaired) electrons. The molecule has 0 saturated heterocycles. The van der Waals surface area contributed by atoms with Gasteiger partial charge in [0.1, 0.15) is 5.82 Å². The minimum atomic E-state index is -0.0599. The second-order valence-corrected chi connectivity index (χ2v) is 5.64. The molecule has 0 spiro atoms. The Hall–Kier alpha value is -1.67. The maximum Gasteiger partial charge on any atom is 0.126 e. The van der Waals surface area contributed by atoms with Gasteiger partial charge in [-0.15, -0.1) is 0 Å². The molecule has 20 heavy (non-hydrogen) atoms. The summed E-state index contributed by atoms with van der Waals surface area (Å²) in [5, 5.41) is 3.65. The Kier molecular flexibility index (Phi) is 3.58. The highest BCUT2D eigenvalue weighted by Gasteiger charge is 2.26. The Balaban J connectivity index is 1.81. The molecule has 1 unspecified atom stereocenters. The maximum absolute atomic E-state index is 13.8. The lowest BCUT2D eigenvalue weighted by molar-refractivity contribution is 0.464. The van der Waals surface area contributed by atoms with Gasteiger partial charge in [0.2, 0.25) is 0 Å². The van der Waals surface area contributed by atoms with E-state index in [9.17, 15) is 4.39 Å². The van der Waals surface area contributed by atoms with E-state index in [0.717, 1.165) is 24.0 Å². The largest absolute Gasteiger partial charge is 0.303 e. The first-order chi connectivity index (χ1) is 9.66. The highest BCUT2D eigenvalue weighted by molar-refractivity contribution is 5.36. The molecule has 2 aromatic carbocycles. The van der Waals surface area contributed by atoms with Crippen molar-refractivity contribution in [3.05, 3.63) is 70.5 Å². The van der Waals surface area contributed by atoms with E-state index in [0.29, 0.717) is 0 Å². The van der Waals surface area contributed by atoms with Crippen molar-refractivity contribution in [1.82, 2.24) is 5.32 Å². The number of benzene rings is 2. The van der Waals surface area contributed by atoms with Crippen molar-refractivity contribution in [2.75, 3.05) is 0 Å². The third-order valence-corrected chi connectivity index (χ3v) is 4.32. The zero-order valence-electron chi connectivity index (χ0n) is 12.0. The maximum atomic E-state index is 13.8. The van der Waals surface area contributed by atoms with Crippen LogP contribution in [0, 0.1) is 12.7 Å². The summed E-state index contributed by atoms with van der Waals surface area (Å²) in [6.45, 7) is 4.31. The SMILES string of the molecule is Cc1ccccc1[C@@H](C)NC1CCc2c(F)cccc21. The summed E-state index contributed by atoms with van der Waals surface area (Å²) < 4.78 is 13.8. The van der Waals surface area contributed by atoms with Crippen molar-refractivity contribution in [2.24, 2.45) is 0 Å². The molecule has 1 N–H and O–H groups in total. The molecular formula is C18H20FN. The van der Waals surface area contributed by atoms with Crippen molar-refractivity contribution in [2.45, 2.75) is 38.8 Å².